The lowest BCUT2D eigenvalue weighted by Gasteiger charge is -1.94. The summed E-state index contributed by atoms with van der Waals surface area (Å²) in [6.07, 6.45) is -4.19. The summed E-state index contributed by atoms with van der Waals surface area (Å²) in [5.74, 6) is -1.26. The first-order valence-corrected chi connectivity index (χ1v) is 2.76. The van der Waals surface area contributed by atoms with Crippen molar-refractivity contribution in [1.82, 2.24) is 0 Å². The van der Waals surface area contributed by atoms with Crippen LogP contribution >= 0.6 is 11.6 Å². The lowest BCUT2D eigenvalue weighted by Crippen LogP contribution is -2.07. The summed E-state index contributed by atoms with van der Waals surface area (Å²) in [5.41, 5.74) is 0. The topological polar surface area (TPSA) is 0 Å². The summed E-state index contributed by atoms with van der Waals surface area (Å²) >= 11 is 4.35. The van der Waals surface area contributed by atoms with Crippen molar-refractivity contribution in [2.75, 3.05) is 19.2 Å². The van der Waals surface area contributed by atoms with Gasteiger partial charge >= 0.3 is 6.18 Å². The number of halogens is 6. The van der Waals surface area contributed by atoms with Crippen LogP contribution in [0.1, 0.15) is 0 Å². The van der Waals surface area contributed by atoms with Crippen molar-refractivity contribution in [3.05, 3.63) is 0 Å². The van der Waals surface area contributed by atoms with Crippen LogP contribution in [0.25, 0.3) is 0 Å². The van der Waals surface area contributed by atoms with Crippen LogP contribution in [0.4, 0.5) is 22.0 Å². The molecule has 0 aliphatic rings. The molecule has 0 aromatic heterocycles. The maximum absolute atomic E-state index is 10.7. The van der Waals surface area contributed by atoms with Gasteiger partial charge in [-0.3, -0.25) is 0 Å². The third kappa shape index (κ3) is 24.6. The molecule has 0 amide bonds. The first-order valence-electron chi connectivity index (χ1n) is 2.22. The predicted octanol–water partition coefficient (Wildman–Crippen LogP) is 2.71. The van der Waals surface area contributed by atoms with E-state index in [0.29, 0.717) is 0 Å². The van der Waals surface area contributed by atoms with Gasteiger partial charge in [-0.25, -0.2) is 8.78 Å². The second kappa shape index (κ2) is 7.05. The van der Waals surface area contributed by atoms with E-state index in [0.717, 1.165) is 0 Å². The minimum atomic E-state index is -4.19. The van der Waals surface area contributed by atoms with E-state index in [4.69, 9.17) is 0 Å². The molecule has 0 nitrogen and oxygen atoms in total. The van der Waals surface area contributed by atoms with E-state index in [9.17, 15) is 22.0 Å². The Morgan fingerprint density at radius 1 is 1.00 bits per heavy atom. The average molecular weight is 185 g/mol. The molecule has 0 aliphatic carbocycles. The van der Waals surface area contributed by atoms with Crippen molar-refractivity contribution in [3.63, 3.8) is 0 Å². The number of hydrogen-bond donors (Lipinski definition) is 0. The Morgan fingerprint density at radius 2 is 1.20 bits per heavy atom. The first kappa shape index (κ1) is 12.6. The zero-order valence-electron chi connectivity index (χ0n) is 4.89. The normalized spacial score (nSPS) is 10.2. The van der Waals surface area contributed by atoms with Crippen LogP contribution in [-0.2, 0) is 0 Å². The monoisotopic (exact) mass is 184 g/mol. The number of hydrogen-bond acceptors (Lipinski definition) is 0. The highest BCUT2D eigenvalue weighted by Gasteiger charge is 2.24. The maximum Gasteiger partial charge on any atom is 0.402 e. The van der Waals surface area contributed by atoms with Crippen molar-refractivity contribution < 1.29 is 22.0 Å². The highest BCUT2D eigenvalue weighted by Crippen LogP contribution is 2.14. The highest BCUT2D eigenvalue weighted by atomic mass is 35.5. The fourth-order valence-corrected chi connectivity index (χ4v) is 0. The summed E-state index contributed by atoms with van der Waals surface area (Å²) in [6.45, 7) is -1.69. The van der Waals surface area contributed by atoms with Crippen LogP contribution < -0.4 is 0 Å². The molecule has 10 heavy (non-hydrogen) atoms. The molecule has 64 valence electrons. The molecular formula is C4H6ClF5. The third-order valence-corrected chi connectivity index (χ3v) is 0.526. The van der Waals surface area contributed by atoms with E-state index in [1.165, 1.54) is 0 Å². The van der Waals surface area contributed by atoms with E-state index >= 15 is 0 Å². The molecule has 0 saturated carbocycles. The van der Waals surface area contributed by atoms with Crippen molar-refractivity contribution in [2.24, 2.45) is 0 Å². The molecule has 0 fully saturated rings. The number of rotatable bonds is 1. The molecule has 0 aliphatic heterocycles. The van der Waals surface area contributed by atoms with Crippen molar-refractivity contribution >= 4 is 11.6 Å². The van der Waals surface area contributed by atoms with E-state index < -0.39 is 25.4 Å². The summed E-state index contributed by atoms with van der Waals surface area (Å²) < 4.78 is 52.7. The molecule has 0 unspecified atom stereocenters. The molecule has 0 heterocycles. The Kier molecular flexibility index (Phi) is 8.89. The van der Waals surface area contributed by atoms with Crippen LogP contribution in [0.3, 0.4) is 0 Å². The molecule has 0 atom stereocenters. The van der Waals surface area contributed by atoms with Gasteiger partial charge in [-0.15, -0.1) is 11.6 Å². The Hall–Kier alpha value is -0.0600. The summed E-state index contributed by atoms with van der Waals surface area (Å²) in [5, 5.41) is 0. The highest BCUT2D eigenvalue weighted by molar-refractivity contribution is 6.18. The van der Waals surface area contributed by atoms with Crippen molar-refractivity contribution in [3.8, 4) is 0 Å². The standard InChI is InChI=1S/C2H2ClF3.C2H4F2/c3-1-2(4,5)6;3-1-2-4/h1H2;1-2H2. The first-order chi connectivity index (χ1) is 4.47. The number of alkyl halides is 6. The lowest BCUT2D eigenvalue weighted by molar-refractivity contribution is -0.106. The van der Waals surface area contributed by atoms with Gasteiger partial charge in [0.2, 0.25) is 0 Å². The predicted molar refractivity (Wildman–Crippen MR) is 28.7 cm³/mol. The summed E-state index contributed by atoms with van der Waals surface area (Å²) in [7, 11) is 0. The fraction of sp³-hybridized carbons (Fsp3) is 1.00. The van der Waals surface area contributed by atoms with Crippen LogP contribution in [0.5, 0.6) is 0 Å². The lowest BCUT2D eigenvalue weighted by atomic mass is 10.8. The smallest absolute Gasteiger partial charge is 0.248 e. The Labute approximate surface area is 60.0 Å². The van der Waals surface area contributed by atoms with Crippen molar-refractivity contribution in [1.29, 1.82) is 0 Å². The Balaban J connectivity index is 0. The molecule has 0 bridgehead atoms. The molecule has 0 rings (SSSR count). The summed E-state index contributed by atoms with van der Waals surface area (Å²) in [6, 6.07) is 0. The van der Waals surface area contributed by atoms with Crippen LogP contribution in [0, 0.1) is 0 Å². The zero-order chi connectivity index (χ0) is 8.62. The second-order valence-electron chi connectivity index (χ2n) is 1.13. The fourth-order valence-electron chi connectivity index (χ4n) is 0. The van der Waals surface area contributed by atoms with E-state index in [2.05, 4.69) is 11.6 Å². The van der Waals surface area contributed by atoms with Gasteiger partial charge in [0, 0.05) is 0 Å². The molecular weight excluding hydrogens is 178 g/mol. The zero-order valence-corrected chi connectivity index (χ0v) is 5.65. The molecule has 0 saturated heterocycles. The van der Waals surface area contributed by atoms with Crippen molar-refractivity contribution in [2.45, 2.75) is 6.18 Å². The van der Waals surface area contributed by atoms with Crippen LogP contribution in [0.15, 0.2) is 0 Å². The van der Waals surface area contributed by atoms with Crippen LogP contribution in [0.2, 0.25) is 0 Å². The van der Waals surface area contributed by atoms with Gasteiger partial charge in [0.1, 0.15) is 19.2 Å². The van der Waals surface area contributed by atoms with E-state index in [1.807, 2.05) is 0 Å². The Bertz CT molecular complexity index is 59.2. The van der Waals surface area contributed by atoms with Gasteiger partial charge in [0.05, 0.1) is 0 Å². The average Bonchev–Trinajstić information content (AvgIpc) is 1.87. The minimum Gasteiger partial charge on any atom is -0.248 e. The minimum absolute atomic E-state index is 0.847. The van der Waals surface area contributed by atoms with Gasteiger partial charge in [0.15, 0.2) is 0 Å². The summed E-state index contributed by atoms with van der Waals surface area (Å²) in [4.78, 5) is 0. The van der Waals surface area contributed by atoms with Gasteiger partial charge < -0.3 is 0 Å². The molecule has 0 N–H and O–H groups in total. The molecule has 0 aromatic rings. The van der Waals surface area contributed by atoms with Gasteiger partial charge in [-0.05, 0) is 0 Å². The van der Waals surface area contributed by atoms with Gasteiger partial charge in [-0.1, -0.05) is 0 Å². The quantitative estimate of drug-likeness (QED) is 0.434. The van der Waals surface area contributed by atoms with Gasteiger partial charge in [0.25, 0.3) is 0 Å². The molecule has 6 heteroatoms. The van der Waals surface area contributed by atoms with Crippen LogP contribution in [-0.4, -0.2) is 25.4 Å². The maximum atomic E-state index is 10.7. The molecule has 0 aromatic carbocycles. The van der Waals surface area contributed by atoms with E-state index in [-0.39, 0.29) is 0 Å². The molecule has 0 radical (unpaired) electrons. The third-order valence-electron chi connectivity index (χ3n) is 0.223. The largest absolute Gasteiger partial charge is 0.402 e. The van der Waals surface area contributed by atoms with E-state index in [1.54, 1.807) is 0 Å². The Morgan fingerprint density at radius 3 is 1.20 bits per heavy atom. The second-order valence-corrected chi connectivity index (χ2v) is 1.39. The van der Waals surface area contributed by atoms with Gasteiger partial charge in [-0.2, -0.15) is 13.2 Å². The molecule has 0 spiro atoms. The SMILES string of the molecule is FC(F)(F)CCl.FCCF.